The molecule has 27 heavy (non-hydrogen) atoms. The Kier molecular flexibility index (Phi) is 5.46. The third-order valence-corrected chi connectivity index (χ3v) is 4.17. The number of nitrogens with one attached hydrogen (secondary N) is 1. The van der Waals surface area contributed by atoms with Crippen LogP contribution >= 0.6 is 0 Å². The van der Waals surface area contributed by atoms with Crippen molar-refractivity contribution in [2.75, 3.05) is 28.4 Å². The average molecular weight is 370 g/mol. The molecule has 0 aliphatic rings. The van der Waals surface area contributed by atoms with Gasteiger partial charge in [-0.05, 0) is 29.8 Å². The summed E-state index contributed by atoms with van der Waals surface area (Å²) >= 11 is 0. The number of aromatic nitrogens is 3. The fourth-order valence-corrected chi connectivity index (χ4v) is 2.75. The monoisotopic (exact) mass is 370 g/mol. The Morgan fingerprint density at radius 2 is 1.63 bits per heavy atom. The fraction of sp³-hybridized carbons (Fsp3) is 0.263. The lowest BCUT2D eigenvalue weighted by Gasteiger charge is -2.13. The second-order valence-electron chi connectivity index (χ2n) is 5.71. The molecule has 1 heterocycles. The number of hydrogen-bond donors (Lipinski definition) is 2. The highest BCUT2D eigenvalue weighted by molar-refractivity contribution is 5.66. The quantitative estimate of drug-likeness (QED) is 0.658. The summed E-state index contributed by atoms with van der Waals surface area (Å²) in [6, 6.07) is 10.6. The van der Waals surface area contributed by atoms with Crippen molar-refractivity contribution in [2.45, 2.75) is 6.04 Å². The molecule has 0 bridgehead atoms. The summed E-state index contributed by atoms with van der Waals surface area (Å²) < 4.78 is 21.3. The molecule has 3 N–H and O–H groups in total. The van der Waals surface area contributed by atoms with Crippen LogP contribution in [0.2, 0.25) is 0 Å². The maximum atomic E-state index is 6.33. The molecular formula is C19H22N4O4. The van der Waals surface area contributed by atoms with Crippen LogP contribution in [0.25, 0.3) is 11.4 Å². The van der Waals surface area contributed by atoms with Gasteiger partial charge in [0.1, 0.15) is 11.6 Å². The van der Waals surface area contributed by atoms with E-state index in [2.05, 4.69) is 15.2 Å². The molecule has 3 aromatic rings. The SMILES string of the molecule is COc1cccc(C(N)c2nc(-c3cc(OC)c(OC)c(OC)c3)n[nH]2)c1. The Labute approximate surface area is 157 Å². The van der Waals surface area contributed by atoms with Gasteiger partial charge < -0.3 is 24.7 Å². The molecule has 0 amide bonds. The van der Waals surface area contributed by atoms with E-state index in [1.165, 1.54) is 0 Å². The van der Waals surface area contributed by atoms with Gasteiger partial charge in [-0.2, -0.15) is 5.10 Å². The van der Waals surface area contributed by atoms with Gasteiger partial charge in [-0.15, -0.1) is 0 Å². The average Bonchev–Trinajstić information content (AvgIpc) is 3.22. The number of aromatic amines is 1. The van der Waals surface area contributed by atoms with E-state index >= 15 is 0 Å². The second kappa shape index (κ2) is 7.96. The van der Waals surface area contributed by atoms with E-state index in [9.17, 15) is 0 Å². The molecule has 1 unspecified atom stereocenters. The summed E-state index contributed by atoms with van der Waals surface area (Å²) in [5.74, 6) is 3.29. The highest BCUT2D eigenvalue weighted by atomic mass is 16.5. The summed E-state index contributed by atoms with van der Waals surface area (Å²) in [4.78, 5) is 4.53. The van der Waals surface area contributed by atoms with Crippen molar-refractivity contribution in [2.24, 2.45) is 5.73 Å². The molecule has 0 fully saturated rings. The standard InChI is InChI=1S/C19H22N4O4/c1-24-13-7-5-6-11(8-13)16(20)19-21-18(22-23-19)12-9-14(25-2)17(27-4)15(10-12)26-3/h5-10,16H,20H2,1-4H3,(H,21,22,23). The van der Waals surface area contributed by atoms with Gasteiger partial charge in [0.25, 0.3) is 0 Å². The first kappa shape index (κ1) is 18.5. The zero-order valence-corrected chi connectivity index (χ0v) is 15.6. The van der Waals surface area contributed by atoms with Crippen LogP contribution in [0.15, 0.2) is 36.4 Å². The smallest absolute Gasteiger partial charge is 0.203 e. The molecule has 142 valence electrons. The topological polar surface area (TPSA) is 105 Å². The number of hydrogen-bond acceptors (Lipinski definition) is 7. The summed E-state index contributed by atoms with van der Waals surface area (Å²) in [5.41, 5.74) is 7.91. The second-order valence-corrected chi connectivity index (χ2v) is 5.71. The molecule has 0 aliphatic carbocycles. The molecular weight excluding hydrogens is 348 g/mol. The van der Waals surface area contributed by atoms with Crippen LogP contribution in [-0.2, 0) is 0 Å². The number of ether oxygens (including phenoxy) is 4. The third-order valence-electron chi connectivity index (χ3n) is 4.17. The number of H-pyrrole nitrogens is 1. The predicted molar refractivity (Wildman–Crippen MR) is 100 cm³/mol. The van der Waals surface area contributed by atoms with E-state index in [4.69, 9.17) is 24.7 Å². The Morgan fingerprint density at radius 3 is 2.22 bits per heavy atom. The molecule has 8 nitrogen and oxygen atoms in total. The van der Waals surface area contributed by atoms with Crippen LogP contribution in [0.5, 0.6) is 23.0 Å². The molecule has 0 saturated heterocycles. The first-order valence-corrected chi connectivity index (χ1v) is 8.23. The number of methoxy groups -OCH3 is 4. The van der Waals surface area contributed by atoms with Crippen molar-refractivity contribution in [3.63, 3.8) is 0 Å². The van der Waals surface area contributed by atoms with E-state index < -0.39 is 6.04 Å². The van der Waals surface area contributed by atoms with Crippen molar-refractivity contribution in [1.29, 1.82) is 0 Å². The molecule has 0 spiro atoms. The molecule has 3 rings (SSSR count). The first-order valence-electron chi connectivity index (χ1n) is 8.23. The highest BCUT2D eigenvalue weighted by Crippen LogP contribution is 2.40. The zero-order chi connectivity index (χ0) is 19.4. The summed E-state index contributed by atoms with van der Waals surface area (Å²) in [6.45, 7) is 0. The van der Waals surface area contributed by atoms with E-state index in [0.717, 1.165) is 11.3 Å². The zero-order valence-electron chi connectivity index (χ0n) is 15.6. The van der Waals surface area contributed by atoms with Gasteiger partial charge >= 0.3 is 0 Å². The molecule has 8 heteroatoms. The maximum absolute atomic E-state index is 6.33. The minimum atomic E-state index is -0.469. The summed E-state index contributed by atoms with van der Waals surface area (Å²) in [7, 11) is 6.28. The number of nitrogens with two attached hydrogens (primary N) is 1. The predicted octanol–water partition coefficient (Wildman–Crippen LogP) is 2.55. The maximum Gasteiger partial charge on any atom is 0.203 e. The van der Waals surface area contributed by atoms with Crippen molar-refractivity contribution >= 4 is 0 Å². The van der Waals surface area contributed by atoms with Crippen LogP contribution in [0, 0.1) is 0 Å². The van der Waals surface area contributed by atoms with E-state index in [1.54, 1.807) is 40.6 Å². The van der Waals surface area contributed by atoms with E-state index in [1.807, 2.05) is 24.3 Å². The summed E-state index contributed by atoms with van der Waals surface area (Å²) in [5, 5.41) is 7.19. The minimum absolute atomic E-state index is 0.469. The lowest BCUT2D eigenvalue weighted by atomic mass is 10.1. The van der Waals surface area contributed by atoms with Crippen LogP contribution in [0.4, 0.5) is 0 Å². The number of rotatable bonds is 7. The third kappa shape index (κ3) is 3.65. The summed E-state index contributed by atoms with van der Waals surface area (Å²) in [6.07, 6.45) is 0. The van der Waals surface area contributed by atoms with Crippen molar-refractivity contribution in [1.82, 2.24) is 15.2 Å². The van der Waals surface area contributed by atoms with Gasteiger partial charge in [0, 0.05) is 5.56 Å². The minimum Gasteiger partial charge on any atom is -0.497 e. The van der Waals surface area contributed by atoms with Crippen molar-refractivity contribution in [3.05, 3.63) is 47.8 Å². The van der Waals surface area contributed by atoms with Crippen LogP contribution in [-0.4, -0.2) is 43.6 Å². The fourth-order valence-electron chi connectivity index (χ4n) is 2.75. The molecule has 1 aromatic heterocycles. The molecule has 1 atom stereocenters. The lowest BCUT2D eigenvalue weighted by molar-refractivity contribution is 0.324. The number of nitrogens with zero attached hydrogens (tertiary/aromatic N) is 2. The highest BCUT2D eigenvalue weighted by Gasteiger charge is 2.19. The number of benzene rings is 2. The van der Waals surface area contributed by atoms with Crippen molar-refractivity contribution in [3.8, 4) is 34.4 Å². The Hall–Kier alpha value is -3.26. The Bertz CT molecular complexity index is 901. The van der Waals surface area contributed by atoms with Gasteiger partial charge in [0.05, 0.1) is 34.5 Å². The van der Waals surface area contributed by atoms with Gasteiger partial charge in [0.2, 0.25) is 5.75 Å². The Morgan fingerprint density at radius 1 is 0.926 bits per heavy atom. The normalized spacial score (nSPS) is 11.7. The van der Waals surface area contributed by atoms with Gasteiger partial charge in [0.15, 0.2) is 17.3 Å². The van der Waals surface area contributed by atoms with Crippen molar-refractivity contribution < 1.29 is 18.9 Å². The van der Waals surface area contributed by atoms with E-state index in [-0.39, 0.29) is 0 Å². The molecule has 0 aliphatic heterocycles. The molecule has 0 radical (unpaired) electrons. The van der Waals surface area contributed by atoms with Crippen LogP contribution in [0.3, 0.4) is 0 Å². The molecule has 0 saturated carbocycles. The van der Waals surface area contributed by atoms with E-state index in [0.29, 0.717) is 34.5 Å². The van der Waals surface area contributed by atoms with Crippen LogP contribution < -0.4 is 24.7 Å². The van der Waals surface area contributed by atoms with Gasteiger partial charge in [-0.25, -0.2) is 4.98 Å². The van der Waals surface area contributed by atoms with Gasteiger partial charge in [-0.1, -0.05) is 12.1 Å². The van der Waals surface area contributed by atoms with Gasteiger partial charge in [-0.3, -0.25) is 5.10 Å². The van der Waals surface area contributed by atoms with Crippen LogP contribution in [0.1, 0.15) is 17.4 Å². The first-order chi connectivity index (χ1) is 13.1. The largest absolute Gasteiger partial charge is 0.497 e. The Balaban J connectivity index is 1.95. The lowest BCUT2D eigenvalue weighted by Crippen LogP contribution is -2.13. The molecule has 2 aromatic carbocycles.